The molecule has 0 saturated heterocycles. The number of nitrogens with zero attached hydrogens (tertiary/aromatic N) is 2. The standard InChI is InChI=1S/C55H56N2/c1-35-15-13-29-54(5)51(35)45-31-37(23-27-49(45)56(54)41-17-9-7-10-18-41)39-21-25-43-44-26-22-40(34-48(44)53(3,4)47(43)33-39)38-24-28-50-46(32-38)52-36(2)16-14-30-55(52,6)57(50)42-19-11-8-12-20-42/h7-12,17-28,31-36,51-52H,13-16,29-30H2,1-6H3. The van der Waals surface area contributed by atoms with Crippen molar-refractivity contribution in [3.05, 3.63) is 156 Å². The van der Waals surface area contributed by atoms with Gasteiger partial charge in [-0.2, -0.15) is 0 Å². The van der Waals surface area contributed by atoms with Crippen molar-refractivity contribution in [3.8, 4) is 33.4 Å². The Balaban J connectivity index is 0.954. The Morgan fingerprint density at radius 2 is 0.842 bits per heavy atom. The van der Waals surface area contributed by atoms with Crippen molar-refractivity contribution >= 4 is 22.7 Å². The zero-order valence-electron chi connectivity index (χ0n) is 34.6. The molecule has 0 radical (unpaired) electrons. The summed E-state index contributed by atoms with van der Waals surface area (Å²) in [5, 5.41) is 0. The SMILES string of the molecule is CC1CCCC2(C)C1c1cc(-c3ccc4c(c3)C(C)(C)c3cc(-c5ccc6c(c5)C5C(C)CCCC5(C)N6c5ccccc5)ccc3-4)ccc1N2c1ccccc1. The van der Waals surface area contributed by atoms with Crippen molar-refractivity contribution in [2.24, 2.45) is 11.8 Å². The Hall–Kier alpha value is -5.08. The quantitative estimate of drug-likeness (QED) is 0.177. The maximum Gasteiger partial charge on any atom is 0.0495 e. The van der Waals surface area contributed by atoms with Gasteiger partial charge in [-0.1, -0.05) is 113 Å². The van der Waals surface area contributed by atoms with Gasteiger partial charge in [0.1, 0.15) is 0 Å². The summed E-state index contributed by atoms with van der Waals surface area (Å²) in [7, 11) is 0. The molecule has 0 amide bonds. The molecule has 6 unspecified atom stereocenters. The van der Waals surface area contributed by atoms with Gasteiger partial charge >= 0.3 is 0 Å². The normalized spacial score (nSPS) is 27.6. The Morgan fingerprint density at radius 3 is 1.26 bits per heavy atom. The molecule has 0 spiro atoms. The van der Waals surface area contributed by atoms with Gasteiger partial charge in [0.15, 0.2) is 0 Å². The van der Waals surface area contributed by atoms with Crippen LogP contribution >= 0.6 is 0 Å². The summed E-state index contributed by atoms with van der Waals surface area (Å²) in [6.07, 6.45) is 7.64. The predicted molar refractivity (Wildman–Crippen MR) is 240 cm³/mol. The first-order valence-corrected chi connectivity index (χ1v) is 21.9. The predicted octanol–water partition coefficient (Wildman–Crippen LogP) is 15.0. The van der Waals surface area contributed by atoms with Crippen LogP contribution in [0.1, 0.15) is 114 Å². The summed E-state index contributed by atoms with van der Waals surface area (Å²) in [6.45, 7) is 14.9. The van der Waals surface area contributed by atoms with E-state index in [1.807, 2.05) is 0 Å². The second-order valence-corrected chi connectivity index (χ2v) is 19.4. The summed E-state index contributed by atoms with van der Waals surface area (Å²) in [5.41, 5.74) is 19.5. The van der Waals surface area contributed by atoms with Gasteiger partial charge < -0.3 is 9.80 Å². The fraction of sp³-hybridized carbons (Fsp3) is 0.345. The maximum atomic E-state index is 2.68. The van der Waals surface area contributed by atoms with Gasteiger partial charge in [-0.3, -0.25) is 0 Å². The van der Waals surface area contributed by atoms with Crippen LogP contribution in [-0.4, -0.2) is 11.1 Å². The number of hydrogen-bond donors (Lipinski definition) is 0. The van der Waals surface area contributed by atoms with Crippen LogP contribution in [0.3, 0.4) is 0 Å². The third kappa shape index (κ3) is 4.95. The van der Waals surface area contributed by atoms with Gasteiger partial charge in [0.05, 0.1) is 0 Å². The minimum absolute atomic E-state index is 0.0910. The Kier molecular flexibility index (Phi) is 7.67. The molecule has 0 N–H and O–H groups in total. The first-order valence-electron chi connectivity index (χ1n) is 21.9. The average Bonchev–Trinajstić information content (AvgIpc) is 3.75. The number of benzene rings is 6. The van der Waals surface area contributed by atoms with Crippen molar-refractivity contribution in [2.45, 2.75) is 108 Å². The molecular weight excluding hydrogens is 689 g/mol. The van der Waals surface area contributed by atoms with Crippen molar-refractivity contribution in [3.63, 3.8) is 0 Å². The first kappa shape index (κ1) is 35.1. The van der Waals surface area contributed by atoms with Crippen LogP contribution in [0.4, 0.5) is 22.7 Å². The van der Waals surface area contributed by atoms with Crippen LogP contribution in [0.5, 0.6) is 0 Å². The largest absolute Gasteiger partial charge is 0.335 e. The van der Waals surface area contributed by atoms with E-state index >= 15 is 0 Å². The van der Waals surface area contributed by atoms with Crippen molar-refractivity contribution in [1.29, 1.82) is 0 Å². The van der Waals surface area contributed by atoms with Gasteiger partial charge in [0, 0.05) is 51.1 Å². The number of rotatable bonds is 4. The van der Waals surface area contributed by atoms with Crippen molar-refractivity contribution in [2.75, 3.05) is 9.80 Å². The highest BCUT2D eigenvalue weighted by molar-refractivity contribution is 5.88. The monoisotopic (exact) mass is 744 g/mol. The smallest absolute Gasteiger partial charge is 0.0495 e. The molecule has 57 heavy (non-hydrogen) atoms. The summed E-state index contributed by atoms with van der Waals surface area (Å²) in [5.74, 6) is 2.34. The van der Waals surface area contributed by atoms with Crippen molar-refractivity contribution in [1.82, 2.24) is 0 Å². The number of fused-ring (bicyclic) bond motifs is 9. The van der Waals surface area contributed by atoms with E-state index in [0.29, 0.717) is 23.7 Å². The maximum absolute atomic E-state index is 2.68. The third-order valence-corrected chi connectivity index (χ3v) is 15.8. The first-order chi connectivity index (χ1) is 27.6. The minimum Gasteiger partial charge on any atom is -0.335 e. The Bertz CT molecular complexity index is 2370. The molecule has 2 fully saturated rings. The van der Waals surface area contributed by atoms with Crippen LogP contribution in [0.25, 0.3) is 33.4 Å². The Labute approximate surface area is 340 Å². The van der Waals surface area contributed by atoms with Gasteiger partial charge in [0.2, 0.25) is 0 Å². The molecule has 286 valence electrons. The van der Waals surface area contributed by atoms with E-state index in [1.54, 1.807) is 0 Å². The Morgan fingerprint density at radius 1 is 0.456 bits per heavy atom. The lowest BCUT2D eigenvalue weighted by Crippen LogP contribution is -2.47. The molecule has 0 bridgehead atoms. The van der Waals surface area contributed by atoms with Crippen molar-refractivity contribution < 1.29 is 0 Å². The van der Waals surface area contributed by atoms with Gasteiger partial charge in [-0.05, 0) is 168 Å². The topological polar surface area (TPSA) is 6.48 Å². The van der Waals surface area contributed by atoms with Crippen LogP contribution in [0.15, 0.2) is 133 Å². The zero-order chi connectivity index (χ0) is 38.8. The van der Waals surface area contributed by atoms with E-state index < -0.39 is 0 Å². The van der Waals surface area contributed by atoms with E-state index in [1.165, 1.54) is 117 Å². The number of para-hydroxylation sites is 2. The zero-order valence-corrected chi connectivity index (χ0v) is 34.6. The summed E-state index contributed by atoms with van der Waals surface area (Å²) in [6, 6.07) is 51.6. The molecule has 5 aliphatic rings. The molecule has 6 atom stereocenters. The highest BCUT2D eigenvalue weighted by Gasteiger charge is 2.53. The molecule has 2 heteroatoms. The summed E-state index contributed by atoms with van der Waals surface area (Å²) < 4.78 is 0. The fourth-order valence-corrected chi connectivity index (χ4v) is 13.3. The molecule has 3 aliphatic carbocycles. The van der Waals surface area contributed by atoms with Gasteiger partial charge in [-0.15, -0.1) is 0 Å². The van der Waals surface area contributed by atoms with Gasteiger partial charge in [-0.25, -0.2) is 0 Å². The highest BCUT2D eigenvalue weighted by Crippen LogP contribution is 2.61. The van der Waals surface area contributed by atoms with Crippen LogP contribution < -0.4 is 9.80 Å². The summed E-state index contributed by atoms with van der Waals surface area (Å²) in [4.78, 5) is 5.36. The third-order valence-electron chi connectivity index (χ3n) is 15.8. The second kappa shape index (κ2) is 12.5. The molecule has 2 heterocycles. The summed E-state index contributed by atoms with van der Waals surface area (Å²) >= 11 is 0. The molecule has 0 aromatic heterocycles. The molecule has 2 nitrogen and oxygen atoms in total. The highest BCUT2D eigenvalue weighted by atomic mass is 15.2. The molecule has 2 saturated carbocycles. The second-order valence-electron chi connectivity index (χ2n) is 19.4. The van der Waals surface area contributed by atoms with E-state index in [2.05, 4.69) is 185 Å². The van der Waals surface area contributed by atoms with E-state index in [9.17, 15) is 0 Å². The molecule has 2 aliphatic heterocycles. The van der Waals surface area contributed by atoms with Crippen LogP contribution in [0, 0.1) is 11.8 Å². The minimum atomic E-state index is -0.106. The number of anilines is 4. The molecular formula is C55H56N2. The molecule has 6 aromatic carbocycles. The molecule has 11 rings (SSSR count). The lowest BCUT2D eigenvalue weighted by molar-refractivity contribution is 0.223. The average molecular weight is 745 g/mol. The lowest BCUT2D eigenvalue weighted by atomic mass is 9.67. The van der Waals surface area contributed by atoms with E-state index in [4.69, 9.17) is 0 Å². The fourth-order valence-electron chi connectivity index (χ4n) is 13.3. The van der Waals surface area contributed by atoms with E-state index in [-0.39, 0.29) is 16.5 Å². The van der Waals surface area contributed by atoms with Crippen LogP contribution in [-0.2, 0) is 5.41 Å². The van der Waals surface area contributed by atoms with Crippen LogP contribution in [0.2, 0.25) is 0 Å². The lowest BCUT2D eigenvalue weighted by Gasteiger charge is -2.46. The van der Waals surface area contributed by atoms with Gasteiger partial charge in [0.25, 0.3) is 0 Å². The van der Waals surface area contributed by atoms with E-state index in [0.717, 1.165) is 0 Å². The number of hydrogen-bond acceptors (Lipinski definition) is 2. The molecule has 6 aromatic rings.